The van der Waals surface area contributed by atoms with Gasteiger partial charge in [-0.15, -0.1) is 0 Å². The number of anilines is 2. The van der Waals surface area contributed by atoms with Crippen molar-refractivity contribution in [1.29, 1.82) is 0 Å². The van der Waals surface area contributed by atoms with Crippen molar-refractivity contribution in [2.45, 2.75) is 6.92 Å². The summed E-state index contributed by atoms with van der Waals surface area (Å²) in [5.41, 5.74) is 2.25. The van der Waals surface area contributed by atoms with Gasteiger partial charge >= 0.3 is 0 Å². The van der Waals surface area contributed by atoms with E-state index in [1.54, 1.807) is 42.5 Å². The van der Waals surface area contributed by atoms with Crippen molar-refractivity contribution in [3.05, 3.63) is 81.7 Å². The molecule has 3 rings (SSSR count). The quantitative estimate of drug-likeness (QED) is 0.628. The SMILES string of the molecule is Cc1cc(NC(=O)c2cc(Cl)ccc2Cl)ccc1NC(=O)c1ccco1. The molecule has 2 amide bonds. The van der Waals surface area contributed by atoms with E-state index in [0.29, 0.717) is 21.4 Å². The minimum Gasteiger partial charge on any atom is -0.459 e. The summed E-state index contributed by atoms with van der Waals surface area (Å²) in [5, 5.41) is 6.25. The lowest BCUT2D eigenvalue weighted by molar-refractivity contribution is 0.0994. The van der Waals surface area contributed by atoms with Gasteiger partial charge < -0.3 is 15.1 Å². The molecule has 0 saturated carbocycles. The van der Waals surface area contributed by atoms with Gasteiger partial charge in [-0.25, -0.2) is 0 Å². The van der Waals surface area contributed by atoms with Gasteiger partial charge in [-0.1, -0.05) is 23.2 Å². The molecular weight excluding hydrogens is 375 g/mol. The van der Waals surface area contributed by atoms with Crippen LogP contribution in [0.3, 0.4) is 0 Å². The second-order valence-electron chi connectivity index (χ2n) is 5.54. The molecule has 2 N–H and O–H groups in total. The first-order valence-corrected chi connectivity index (χ1v) is 8.41. The molecule has 5 nitrogen and oxygen atoms in total. The third-order valence-electron chi connectivity index (χ3n) is 3.65. The van der Waals surface area contributed by atoms with Crippen LogP contribution in [-0.4, -0.2) is 11.8 Å². The normalized spacial score (nSPS) is 10.4. The number of carbonyl (C=O) groups is 2. The van der Waals surface area contributed by atoms with Gasteiger partial charge in [0.2, 0.25) is 0 Å². The van der Waals surface area contributed by atoms with Crippen molar-refractivity contribution in [3.8, 4) is 0 Å². The number of hydrogen-bond acceptors (Lipinski definition) is 3. The number of furan rings is 1. The molecule has 1 aromatic heterocycles. The van der Waals surface area contributed by atoms with Gasteiger partial charge in [-0.3, -0.25) is 9.59 Å². The van der Waals surface area contributed by atoms with Gasteiger partial charge in [0.15, 0.2) is 5.76 Å². The maximum absolute atomic E-state index is 12.4. The average molecular weight is 389 g/mol. The summed E-state index contributed by atoms with van der Waals surface area (Å²) < 4.78 is 5.06. The smallest absolute Gasteiger partial charge is 0.291 e. The van der Waals surface area contributed by atoms with Crippen LogP contribution in [0.15, 0.2) is 59.2 Å². The highest BCUT2D eigenvalue weighted by Crippen LogP contribution is 2.24. The first-order valence-electron chi connectivity index (χ1n) is 7.66. The molecule has 0 aliphatic rings. The monoisotopic (exact) mass is 388 g/mol. The van der Waals surface area contributed by atoms with Crippen LogP contribution in [0.2, 0.25) is 10.0 Å². The molecule has 0 spiro atoms. The molecular formula is C19H14Cl2N2O3. The van der Waals surface area contributed by atoms with Gasteiger partial charge in [0.05, 0.1) is 16.8 Å². The summed E-state index contributed by atoms with van der Waals surface area (Å²) in [6.45, 7) is 1.82. The number of amides is 2. The standard InChI is InChI=1S/C19H14Cl2N2O3/c1-11-9-13(22-18(24)14-10-12(20)4-6-15(14)21)5-7-16(11)23-19(25)17-3-2-8-26-17/h2-10H,1H3,(H,22,24)(H,23,25). The van der Waals surface area contributed by atoms with E-state index in [2.05, 4.69) is 10.6 Å². The summed E-state index contributed by atoms with van der Waals surface area (Å²) in [6, 6.07) is 13.0. The fourth-order valence-corrected chi connectivity index (χ4v) is 2.72. The zero-order chi connectivity index (χ0) is 18.7. The number of carbonyl (C=O) groups excluding carboxylic acids is 2. The molecule has 7 heteroatoms. The maximum Gasteiger partial charge on any atom is 0.291 e. The molecule has 132 valence electrons. The Morgan fingerprint density at radius 2 is 1.77 bits per heavy atom. The van der Waals surface area contributed by atoms with Crippen LogP contribution in [0, 0.1) is 6.92 Å². The molecule has 0 saturated heterocycles. The first-order chi connectivity index (χ1) is 12.4. The zero-order valence-electron chi connectivity index (χ0n) is 13.7. The number of nitrogens with one attached hydrogen (secondary N) is 2. The Morgan fingerprint density at radius 1 is 0.962 bits per heavy atom. The largest absolute Gasteiger partial charge is 0.459 e. The number of aryl methyl sites for hydroxylation is 1. The Morgan fingerprint density at radius 3 is 2.46 bits per heavy atom. The molecule has 0 aliphatic carbocycles. The highest BCUT2D eigenvalue weighted by atomic mass is 35.5. The molecule has 0 atom stereocenters. The van der Waals surface area contributed by atoms with E-state index in [1.165, 1.54) is 12.3 Å². The molecule has 2 aromatic carbocycles. The topological polar surface area (TPSA) is 71.3 Å². The number of halogens is 2. The van der Waals surface area contributed by atoms with Crippen molar-refractivity contribution >= 4 is 46.4 Å². The van der Waals surface area contributed by atoms with Crippen molar-refractivity contribution in [2.75, 3.05) is 10.6 Å². The van der Waals surface area contributed by atoms with Gasteiger partial charge in [-0.05, 0) is 61.0 Å². The molecule has 1 heterocycles. The first kappa shape index (κ1) is 18.0. The summed E-state index contributed by atoms with van der Waals surface area (Å²) in [5.74, 6) is -0.498. The minimum absolute atomic E-state index is 0.220. The zero-order valence-corrected chi connectivity index (χ0v) is 15.2. The molecule has 0 aliphatic heterocycles. The molecule has 0 radical (unpaired) electrons. The lowest BCUT2D eigenvalue weighted by Gasteiger charge is -2.11. The Bertz CT molecular complexity index is 969. The van der Waals surface area contributed by atoms with Crippen molar-refractivity contribution < 1.29 is 14.0 Å². The van der Waals surface area contributed by atoms with Crippen LogP contribution in [0.5, 0.6) is 0 Å². The second-order valence-corrected chi connectivity index (χ2v) is 6.38. The lowest BCUT2D eigenvalue weighted by Crippen LogP contribution is -2.14. The van der Waals surface area contributed by atoms with E-state index in [0.717, 1.165) is 5.56 Å². The fourth-order valence-electron chi connectivity index (χ4n) is 2.34. The number of hydrogen-bond donors (Lipinski definition) is 2. The summed E-state index contributed by atoms with van der Waals surface area (Å²) in [7, 11) is 0. The predicted octanol–water partition coefficient (Wildman–Crippen LogP) is 5.40. The summed E-state index contributed by atoms with van der Waals surface area (Å²) >= 11 is 12.0. The number of benzene rings is 2. The highest BCUT2D eigenvalue weighted by Gasteiger charge is 2.13. The van der Waals surface area contributed by atoms with Crippen LogP contribution in [-0.2, 0) is 0 Å². The molecule has 26 heavy (non-hydrogen) atoms. The Labute approximate surface area is 159 Å². The van der Waals surface area contributed by atoms with Gasteiger partial charge in [0.1, 0.15) is 0 Å². The van der Waals surface area contributed by atoms with Crippen molar-refractivity contribution in [2.24, 2.45) is 0 Å². The molecule has 3 aromatic rings. The fraction of sp³-hybridized carbons (Fsp3) is 0.0526. The van der Waals surface area contributed by atoms with Crippen LogP contribution in [0.4, 0.5) is 11.4 Å². The van der Waals surface area contributed by atoms with E-state index in [1.807, 2.05) is 6.92 Å². The van der Waals surface area contributed by atoms with Crippen LogP contribution < -0.4 is 10.6 Å². The summed E-state index contributed by atoms with van der Waals surface area (Å²) in [6.07, 6.45) is 1.43. The Hall–Kier alpha value is -2.76. The van der Waals surface area contributed by atoms with Crippen LogP contribution in [0.25, 0.3) is 0 Å². The van der Waals surface area contributed by atoms with Gasteiger partial charge in [0, 0.05) is 16.4 Å². The average Bonchev–Trinajstić information content (AvgIpc) is 3.14. The number of rotatable bonds is 4. The van der Waals surface area contributed by atoms with E-state index in [-0.39, 0.29) is 23.1 Å². The van der Waals surface area contributed by atoms with Gasteiger partial charge in [-0.2, -0.15) is 0 Å². The third kappa shape index (κ3) is 4.07. The molecule has 0 fully saturated rings. The lowest BCUT2D eigenvalue weighted by atomic mass is 10.1. The van der Waals surface area contributed by atoms with Crippen LogP contribution >= 0.6 is 23.2 Å². The Kier molecular flexibility index (Phi) is 5.30. The molecule has 0 unspecified atom stereocenters. The van der Waals surface area contributed by atoms with Crippen LogP contribution in [0.1, 0.15) is 26.5 Å². The van der Waals surface area contributed by atoms with E-state index < -0.39 is 0 Å². The second kappa shape index (κ2) is 7.64. The highest BCUT2D eigenvalue weighted by molar-refractivity contribution is 6.36. The van der Waals surface area contributed by atoms with Gasteiger partial charge in [0.25, 0.3) is 11.8 Å². The minimum atomic E-state index is -0.371. The van der Waals surface area contributed by atoms with E-state index in [9.17, 15) is 9.59 Å². The van der Waals surface area contributed by atoms with E-state index >= 15 is 0 Å². The Balaban J connectivity index is 1.74. The van der Waals surface area contributed by atoms with Crippen molar-refractivity contribution in [3.63, 3.8) is 0 Å². The maximum atomic E-state index is 12.4. The molecule has 0 bridgehead atoms. The third-order valence-corrected chi connectivity index (χ3v) is 4.22. The van der Waals surface area contributed by atoms with E-state index in [4.69, 9.17) is 27.6 Å². The predicted molar refractivity (Wildman–Crippen MR) is 102 cm³/mol. The summed E-state index contributed by atoms with van der Waals surface area (Å²) in [4.78, 5) is 24.4. The van der Waals surface area contributed by atoms with Crippen molar-refractivity contribution in [1.82, 2.24) is 0 Å².